The van der Waals surface area contributed by atoms with Gasteiger partial charge in [-0.05, 0) is 32.0 Å². The van der Waals surface area contributed by atoms with Gasteiger partial charge in [0, 0.05) is 0 Å². The Morgan fingerprint density at radius 2 is 2.00 bits per heavy atom. The van der Waals surface area contributed by atoms with Gasteiger partial charge >= 0.3 is 6.18 Å². The van der Waals surface area contributed by atoms with Gasteiger partial charge in [-0.2, -0.15) is 18.3 Å². The van der Waals surface area contributed by atoms with E-state index in [0.717, 1.165) is 12.1 Å². The van der Waals surface area contributed by atoms with Crippen molar-refractivity contribution in [1.82, 2.24) is 20.0 Å². The van der Waals surface area contributed by atoms with E-state index in [1.54, 1.807) is 13.8 Å². The number of aryl methyl sites for hydroxylation is 1. The molecule has 0 aliphatic heterocycles. The summed E-state index contributed by atoms with van der Waals surface area (Å²) in [6.45, 7) is 3.36. The molecule has 0 saturated heterocycles. The molecule has 0 unspecified atom stereocenters. The fourth-order valence-corrected chi connectivity index (χ4v) is 2.81. The number of benzene rings is 1. The van der Waals surface area contributed by atoms with Crippen LogP contribution in [0, 0.1) is 13.8 Å². The van der Waals surface area contributed by atoms with Gasteiger partial charge in [-0.3, -0.25) is 10.1 Å². The summed E-state index contributed by atoms with van der Waals surface area (Å²) in [5, 5.41) is 15.3. The number of aromatic nitrogens is 4. The molecule has 0 bridgehead atoms. The van der Waals surface area contributed by atoms with Gasteiger partial charge in [0.05, 0.1) is 28.7 Å². The molecule has 0 spiro atoms. The van der Waals surface area contributed by atoms with Crippen LogP contribution in [0.15, 0.2) is 30.5 Å². The topological polar surface area (TPSA) is 72.7 Å². The van der Waals surface area contributed by atoms with Crippen LogP contribution in [0.5, 0.6) is 0 Å². The first-order valence-electron chi connectivity index (χ1n) is 7.09. The molecule has 130 valence electrons. The van der Waals surface area contributed by atoms with Crippen molar-refractivity contribution in [3.63, 3.8) is 0 Å². The largest absolute Gasteiger partial charge is 0.416 e. The van der Waals surface area contributed by atoms with Crippen LogP contribution in [0.1, 0.15) is 26.6 Å². The molecule has 3 aromatic rings. The summed E-state index contributed by atoms with van der Waals surface area (Å²) < 4.78 is 39.9. The van der Waals surface area contributed by atoms with Crippen LogP contribution in [0.25, 0.3) is 5.69 Å². The van der Waals surface area contributed by atoms with Gasteiger partial charge in [0.25, 0.3) is 5.91 Å². The highest BCUT2D eigenvalue weighted by atomic mass is 32.1. The Kier molecular flexibility index (Phi) is 4.29. The summed E-state index contributed by atoms with van der Waals surface area (Å²) in [5.41, 5.74) is 0.0942. The van der Waals surface area contributed by atoms with Crippen LogP contribution in [0.2, 0.25) is 0 Å². The second-order valence-electron chi connectivity index (χ2n) is 5.18. The lowest BCUT2D eigenvalue weighted by atomic mass is 10.2. The Bertz CT molecular complexity index is 931. The number of hydrogen-bond acceptors (Lipinski definition) is 5. The molecule has 0 fully saturated rings. The molecule has 1 amide bonds. The minimum absolute atomic E-state index is 0.220. The Morgan fingerprint density at radius 3 is 2.64 bits per heavy atom. The van der Waals surface area contributed by atoms with E-state index >= 15 is 0 Å². The molecule has 0 saturated carbocycles. The molecule has 0 atom stereocenters. The van der Waals surface area contributed by atoms with Gasteiger partial charge in [0.1, 0.15) is 5.01 Å². The van der Waals surface area contributed by atoms with Crippen molar-refractivity contribution in [2.24, 2.45) is 0 Å². The number of carbonyl (C=O) groups is 1. The first-order valence-corrected chi connectivity index (χ1v) is 7.91. The average molecular weight is 367 g/mol. The summed E-state index contributed by atoms with van der Waals surface area (Å²) in [5.74, 6) is -0.452. The van der Waals surface area contributed by atoms with Gasteiger partial charge in [0.2, 0.25) is 5.13 Å². The van der Waals surface area contributed by atoms with Gasteiger partial charge < -0.3 is 0 Å². The third-order valence-electron chi connectivity index (χ3n) is 3.42. The number of hydrogen-bond donors (Lipinski definition) is 1. The Hall–Kier alpha value is -2.75. The van der Waals surface area contributed by atoms with E-state index in [4.69, 9.17) is 0 Å². The molecule has 25 heavy (non-hydrogen) atoms. The van der Waals surface area contributed by atoms with Crippen LogP contribution in [0.3, 0.4) is 0 Å². The highest BCUT2D eigenvalue weighted by molar-refractivity contribution is 7.15. The molecule has 2 aromatic heterocycles. The summed E-state index contributed by atoms with van der Waals surface area (Å²) in [6.07, 6.45) is -3.15. The molecule has 1 aromatic carbocycles. The quantitative estimate of drug-likeness (QED) is 0.768. The average Bonchev–Trinajstić information content (AvgIpc) is 3.12. The number of anilines is 1. The zero-order chi connectivity index (χ0) is 18.2. The fourth-order valence-electron chi connectivity index (χ4n) is 2.22. The standard InChI is InChI=1S/C15H12F3N5OS/c1-8-12(13(24)20-14-22-21-9(2)25-14)7-19-23(8)11-5-3-4-10(6-11)15(16,17)18/h3-7H,1-2H3,(H,20,22,24). The molecule has 10 heteroatoms. The number of halogens is 3. The SMILES string of the molecule is Cc1nnc(NC(=O)c2cnn(-c3cccc(C(F)(F)F)c3)c2C)s1. The Balaban J connectivity index is 1.90. The molecule has 0 aliphatic rings. The van der Waals surface area contributed by atoms with E-state index in [-0.39, 0.29) is 11.3 Å². The van der Waals surface area contributed by atoms with Crippen LogP contribution in [-0.2, 0) is 6.18 Å². The maximum absolute atomic E-state index is 12.9. The van der Waals surface area contributed by atoms with Gasteiger partial charge in [-0.1, -0.05) is 17.4 Å². The normalized spacial score (nSPS) is 11.6. The molecule has 6 nitrogen and oxygen atoms in total. The smallest absolute Gasteiger partial charge is 0.296 e. The van der Waals surface area contributed by atoms with E-state index in [9.17, 15) is 18.0 Å². The van der Waals surface area contributed by atoms with Crippen molar-refractivity contribution in [3.05, 3.63) is 52.3 Å². The molecule has 3 rings (SSSR count). The fraction of sp³-hybridized carbons (Fsp3) is 0.200. The highest BCUT2D eigenvalue weighted by Gasteiger charge is 2.30. The van der Waals surface area contributed by atoms with Crippen molar-refractivity contribution < 1.29 is 18.0 Å². The van der Waals surface area contributed by atoms with E-state index in [1.807, 2.05) is 0 Å². The lowest BCUT2D eigenvalue weighted by Crippen LogP contribution is -2.13. The van der Waals surface area contributed by atoms with Crippen molar-refractivity contribution in [1.29, 1.82) is 0 Å². The van der Waals surface area contributed by atoms with E-state index < -0.39 is 17.6 Å². The molecular weight excluding hydrogens is 355 g/mol. The third kappa shape index (κ3) is 3.53. The second kappa shape index (κ2) is 6.28. The minimum atomic E-state index is -4.45. The van der Waals surface area contributed by atoms with Gasteiger partial charge in [0.15, 0.2) is 0 Å². The predicted molar refractivity (Wildman–Crippen MR) is 85.9 cm³/mol. The maximum Gasteiger partial charge on any atom is 0.416 e. The van der Waals surface area contributed by atoms with Crippen molar-refractivity contribution in [2.45, 2.75) is 20.0 Å². The summed E-state index contributed by atoms with van der Waals surface area (Å²) >= 11 is 1.22. The summed E-state index contributed by atoms with van der Waals surface area (Å²) in [4.78, 5) is 12.3. The van der Waals surface area contributed by atoms with Crippen LogP contribution in [0.4, 0.5) is 18.3 Å². The van der Waals surface area contributed by atoms with Crippen molar-refractivity contribution in [3.8, 4) is 5.69 Å². The zero-order valence-electron chi connectivity index (χ0n) is 13.1. The van der Waals surface area contributed by atoms with E-state index in [1.165, 1.54) is 34.3 Å². The molecule has 1 N–H and O–H groups in total. The van der Waals surface area contributed by atoms with Crippen LogP contribution in [-0.4, -0.2) is 25.9 Å². The molecular formula is C15H12F3N5OS. The highest BCUT2D eigenvalue weighted by Crippen LogP contribution is 2.30. The second-order valence-corrected chi connectivity index (χ2v) is 6.37. The zero-order valence-corrected chi connectivity index (χ0v) is 13.9. The number of rotatable bonds is 3. The lowest BCUT2D eigenvalue weighted by molar-refractivity contribution is -0.137. The number of amides is 1. The van der Waals surface area contributed by atoms with E-state index in [2.05, 4.69) is 20.6 Å². The first-order chi connectivity index (χ1) is 11.8. The van der Waals surface area contributed by atoms with Gasteiger partial charge in [-0.25, -0.2) is 4.68 Å². The molecule has 0 radical (unpaired) electrons. The molecule has 0 aliphatic carbocycles. The summed E-state index contributed by atoms with van der Waals surface area (Å²) in [7, 11) is 0. The minimum Gasteiger partial charge on any atom is -0.296 e. The van der Waals surface area contributed by atoms with Crippen LogP contribution >= 0.6 is 11.3 Å². The Labute approximate surface area is 144 Å². The van der Waals surface area contributed by atoms with Crippen molar-refractivity contribution >= 4 is 22.4 Å². The van der Waals surface area contributed by atoms with Crippen LogP contribution < -0.4 is 5.32 Å². The lowest BCUT2D eigenvalue weighted by Gasteiger charge is -2.10. The summed E-state index contributed by atoms with van der Waals surface area (Å²) in [6, 6.07) is 4.75. The number of carbonyl (C=O) groups excluding carboxylic acids is 1. The molecule has 2 heterocycles. The maximum atomic E-state index is 12.9. The monoisotopic (exact) mass is 367 g/mol. The Morgan fingerprint density at radius 1 is 1.24 bits per heavy atom. The predicted octanol–water partition coefficient (Wildman–Crippen LogP) is 3.61. The number of nitrogens with one attached hydrogen (secondary N) is 1. The number of alkyl halides is 3. The number of nitrogens with zero attached hydrogens (tertiary/aromatic N) is 4. The first kappa shape index (κ1) is 17.1. The van der Waals surface area contributed by atoms with E-state index in [0.29, 0.717) is 15.8 Å². The van der Waals surface area contributed by atoms with Crippen molar-refractivity contribution in [2.75, 3.05) is 5.32 Å². The van der Waals surface area contributed by atoms with Gasteiger partial charge in [-0.15, -0.1) is 10.2 Å². The third-order valence-corrected chi connectivity index (χ3v) is 4.17.